The van der Waals surface area contributed by atoms with Crippen molar-refractivity contribution in [1.82, 2.24) is 10.3 Å². The van der Waals surface area contributed by atoms with Gasteiger partial charge in [0, 0.05) is 28.4 Å². The Morgan fingerprint density at radius 2 is 1.74 bits per heavy atom. The third-order valence-electron chi connectivity index (χ3n) is 7.66. The number of amides is 2. The second-order valence-corrected chi connectivity index (χ2v) is 15.9. The van der Waals surface area contributed by atoms with Crippen LogP contribution in [0.3, 0.4) is 0 Å². The van der Waals surface area contributed by atoms with E-state index in [1.165, 1.54) is 24.3 Å². The molecule has 0 spiro atoms. The van der Waals surface area contributed by atoms with Gasteiger partial charge in [-0.15, -0.1) is 11.8 Å². The Morgan fingerprint density at radius 1 is 1.12 bits per heavy atom. The predicted molar refractivity (Wildman–Crippen MR) is 165 cm³/mol. The van der Waals surface area contributed by atoms with E-state index in [9.17, 15) is 27.5 Å². The number of carbonyl (C=O) groups excluding carboxylic acids is 2. The molecule has 0 saturated heterocycles. The molecule has 1 aliphatic rings. The standard InChI is InChI=1S/C31H44FN3O5S2/c1-20-15-22(25(16-20)29(37)34-31(2,3)4)18-27(36)26(17-21-9-7-6-8-10-21)35(33)30(38)28(42(5,39)40)19-41-24-13-11-23(32)12-14-24/h6-14,20,22,25-28,36H,15-19,33H2,1-5H3,(H,34,37). The van der Waals surface area contributed by atoms with E-state index in [4.69, 9.17) is 5.84 Å². The summed E-state index contributed by atoms with van der Waals surface area (Å²) in [6, 6.07) is 13.9. The minimum atomic E-state index is -3.89. The van der Waals surface area contributed by atoms with Crippen LogP contribution in [0.1, 0.15) is 52.5 Å². The molecule has 2 aromatic rings. The van der Waals surface area contributed by atoms with Crippen LogP contribution in [0.25, 0.3) is 0 Å². The van der Waals surface area contributed by atoms with Crippen LogP contribution in [0.15, 0.2) is 59.5 Å². The molecule has 2 amide bonds. The fraction of sp³-hybridized carbons (Fsp3) is 0.548. The van der Waals surface area contributed by atoms with Crippen LogP contribution >= 0.6 is 11.8 Å². The summed E-state index contributed by atoms with van der Waals surface area (Å²) in [6.07, 6.45) is 1.76. The van der Waals surface area contributed by atoms with Crippen molar-refractivity contribution in [2.75, 3.05) is 12.0 Å². The number of halogens is 1. The fourth-order valence-corrected chi connectivity index (χ4v) is 8.10. The molecule has 0 bridgehead atoms. The number of nitrogens with zero attached hydrogens (tertiary/aromatic N) is 1. The molecule has 1 saturated carbocycles. The molecule has 232 valence electrons. The summed E-state index contributed by atoms with van der Waals surface area (Å²) in [5.41, 5.74) is 0.429. The summed E-state index contributed by atoms with van der Waals surface area (Å²) in [4.78, 5) is 27.4. The van der Waals surface area contributed by atoms with Gasteiger partial charge >= 0.3 is 0 Å². The number of benzene rings is 2. The van der Waals surface area contributed by atoms with Gasteiger partial charge in [-0.05, 0) is 88.1 Å². The maximum absolute atomic E-state index is 13.7. The van der Waals surface area contributed by atoms with E-state index < -0.39 is 44.5 Å². The summed E-state index contributed by atoms with van der Waals surface area (Å²) in [5.74, 6) is 4.85. The first kappa shape index (κ1) is 34.0. The maximum atomic E-state index is 13.7. The second kappa shape index (κ2) is 14.3. The van der Waals surface area contributed by atoms with Crippen molar-refractivity contribution in [3.05, 3.63) is 66.0 Å². The van der Waals surface area contributed by atoms with E-state index in [0.29, 0.717) is 17.2 Å². The van der Waals surface area contributed by atoms with Gasteiger partial charge in [-0.2, -0.15) is 0 Å². The van der Waals surface area contributed by atoms with Crippen LogP contribution in [0.4, 0.5) is 4.39 Å². The van der Waals surface area contributed by atoms with Gasteiger partial charge in [0.2, 0.25) is 5.91 Å². The Balaban J connectivity index is 1.84. The van der Waals surface area contributed by atoms with Gasteiger partial charge < -0.3 is 10.4 Å². The molecule has 0 aromatic heterocycles. The highest BCUT2D eigenvalue weighted by molar-refractivity contribution is 8.01. The molecular weight excluding hydrogens is 577 g/mol. The smallest absolute Gasteiger partial charge is 0.256 e. The largest absolute Gasteiger partial charge is 0.391 e. The quantitative estimate of drug-likeness (QED) is 0.142. The molecule has 3 rings (SSSR count). The first-order chi connectivity index (χ1) is 19.5. The number of nitrogens with two attached hydrogens (primary N) is 1. The van der Waals surface area contributed by atoms with E-state index in [2.05, 4.69) is 12.2 Å². The molecule has 1 aliphatic carbocycles. The summed E-state index contributed by atoms with van der Waals surface area (Å²) in [7, 11) is -3.89. The molecule has 0 aliphatic heterocycles. The van der Waals surface area contributed by atoms with Crippen molar-refractivity contribution in [2.45, 2.75) is 81.2 Å². The molecule has 6 atom stereocenters. The molecule has 0 radical (unpaired) electrons. The van der Waals surface area contributed by atoms with Gasteiger partial charge in [0.05, 0.1) is 12.1 Å². The lowest BCUT2D eigenvalue weighted by atomic mass is 9.86. The van der Waals surface area contributed by atoms with Crippen LogP contribution in [-0.2, 0) is 25.8 Å². The van der Waals surface area contributed by atoms with E-state index in [1.807, 2.05) is 51.1 Å². The van der Waals surface area contributed by atoms with E-state index in [0.717, 1.165) is 35.0 Å². The normalized spacial score (nSPS) is 21.4. The SMILES string of the molecule is CC1CC(CC(O)C(Cc2ccccc2)N(N)C(=O)C(CSc2ccc(F)cc2)S(C)(=O)=O)C(C(=O)NC(C)(C)C)C1. The highest BCUT2D eigenvalue weighted by Crippen LogP contribution is 2.40. The van der Waals surface area contributed by atoms with Gasteiger partial charge in [0.1, 0.15) is 5.82 Å². The third-order valence-corrected chi connectivity index (χ3v) is 10.4. The fourth-order valence-electron chi connectivity index (χ4n) is 5.60. The molecular formula is C31H44FN3O5S2. The second-order valence-electron chi connectivity index (χ2n) is 12.6. The van der Waals surface area contributed by atoms with Crippen LogP contribution in [0, 0.1) is 23.6 Å². The van der Waals surface area contributed by atoms with Crippen molar-refractivity contribution < 1.29 is 27.5 Å². The molecule has 4 N–H and O–H groups in total. The molecule has 2 aromatic carbocycles. The Kier molecular flexibility index (Phi) is 11.6. The van der Waals surface area contributed by atoms with Gasteiger partial charge in [-0.3, -0.25) is 14.6 Å². The van der Waals surface area contributed by atoms with Gasteiger partial charge in [-0.25, -0.2) is 18.7 Å². The first-order valence-electron chi connectivity index (χ1n) is 14.2. The van der Waals surface area contributed by atoms with Crippen LogP contribution in [0.2, 0.25) is 0 Å². The number of aliphatic hydroxyl groups is 1. The van der Waals surface area contributed by atoms with Crippen molar-refractivity contribution in [2.24, 2.45) is 23.6 Å². The molecule has 6 unspecified atom stereocenters. The summed E-state index contributed by atoms with van der Waals surface area (Å²) >= 11 is 1.11. The number of aliphatic hydroxyl groups excluding tert-OH is 1. The highest BCUT2D eigenvalue weighted by Gasteiger charge is 2.42. The zero-order valence-corrected chi connectivity index (χ0v) is 26.6. The zero-order chi connectivity index (χ0) is 31.2. The summed E-state index contributed by atoms with van der Waals surface area (Å²) < 4.78 is 38.9. The zero-order valence-electron chi connectivity index (χ0n) is 25.0. The Bertz CT molecular complexity index is 1300. The topological polar surface area (TPSA) is 130 Å². The van der Waals surface area contributed by atoms with E-state index in [-0.39, 0.29) is 36.3 Å². The number of hydrogen-bond acceptors (Lipinski definition) is 7. The summed E-state index contributed by atoms with van der Waals surface area (Å²) in [6.45, 7) is 7.86. The Labute approximate surface area is 253 Å². The number of hydrazine groups is 1. The molecule has 8 nitrogen and oxygen atoms in total. The van der Waals surface area contributed by atoms with Gasteiger partial charge in [0.15, 0.2) is 15.1 Å². The number of carbonyl (C=O) groups is 2. The van der Waals surface area contributed by atoms with E-state index >= 15 is 0 Å². The number of nitrogens with one attached hydrogen (secondary N) is 1. The number of hydrogen-bond donors (Lipinski definition) is 3. The highest BCUT2D eigenvalue weighted by atomic mass is 32.2. The molecule has 0 heterocycles. The Hall–Kier alpha value is -2.47. The lowest BCUT2D eigenvalue weighted by Crippen LogP contribution is -2.57. The van der Waals surface area contributed by atoms with Crippen molar-refractivity contribution >= 4 is 33.4 Å². The first-order valence-corrected chi connectivity index (χ1v) is 17.2. The van der Waals surface area contributed by atoms with Gasteiger partial charge in [-0.1, -0.05) is 37.3 Å². The van der Waals surface area contributed by atoms with Crippen molar-refractivity contribution in [1.29, 1.82) is 0 Å². The van der Waals surface area contributed by atoms with Crippen LogP contribution < -0.4 is 11.2 Å². The maximum Gasteiger partial charge on any atom is 0.256 e. The predicted octanol–water partition coefficient (Wildman–Crippen LogP) is 3.97. The molecule has 42 heavy (non-hydrogen) atoms. The number of rotatable bonds is 12. The number of sulfone groups is 1. The van der Waals surface area contributed by atoms with Crippen molar-refractivity contribution in [3.63, 3.8) is 0 Å². The minimum absolute atomic E-state index is 0.0562. The van der Waals surface area contributed by atoms with Crippen LogP contribution in [-0.4, -0.2) is 65.3 Å². The monoisotopic (exact) mass is 621 g/mol. The van der Waals surface area contributed by atoms with Crippen molar-refractivity contribution in [3.8, 4) is 0 Å². The third kappa shape index (κ3) is 9.79. The Morgan fingerprint density at radius 3 is 2.31 bits per heavy atom. The number of thioether (sulfide) groups is 1. The average Bonchev–Trinajstić information content (AvgIpc) is 3.26. The average molecular weight is 622 g/mol. The van der Waals surface area contributed by atoms with Gasteiger partial charge in [0.25, 0.3) is 5.91 Å². The molecule has 11 heteroatoms. The lowest BCUT2D eigenvalue weighted by molar-refractivity contribution is -0.136. The van der Waals surface area contributed by atoms with E-state index in [1.54, 1.807) is 0 Å². The minimum Gasteiger partial charge on any atom is -0.391 e. The van der Waals surface area contributed by atoms with Crippen LogP contribution in [0.5, 0.6) is 0 Å². The lowest BCUT2D eigenvalue weighted by Gasteiger charge is -2.35. The summed E-state index contributed by atoms with van der Waals surface area (Å²) in [5, 5.41) is 14.0. The molecule has 1 fully saturated rings.